The summed E-state index contributed by atoms with van der Waals surface area (Å²) in [6, 6.07) is 14.6. The van der Waals surface area contributed by atoms with E-state index in [2.05, 4.69) is 17.1 Å². The smallest absolute Gasteiger partial charge is 0.255 e. The number of ether oxygens (including phenoxy) is 3. The maximum Gasteiger partial charge on any atom is 0.255 e. The summed E-state index contributed by atoms with van der Waals surface area (Å²) in [5.74, 6) is 0.722. The minimum Gasteiger partial charge on any atom is -0.491 e. The molecule has 0 aromatic heterocycles. The van der Waals surface area contributed by atoms with Gasteiger partial charge in [0.1, 0.15) is 23.4 Å². The zero-order chi connectivity index (χ0) is 27.1. The van der Waals surface area contributed by atoms with Crippen molar-refractivity contribution in [2.45, 2.75) is 45.6 Å². The van der Waals surface area contributed by atoms with Crippen LogP contribution >= 0.6 is 0 Å². The molecule has 202 valence electrons. The molecule has 0 atom stereocenters. The highest BCUT2D eigenvalue weighted by Crippen LogP contribution is 2.36. The number of hydrogen-bond acceptors (Lipinski definition) is 6. The monoisotopic (exact) mass is 521 g/mol. The van der Waals surface area contributed by atoms with Gasteiger partial charge < -0.3 is 30.2 Å². The lowest BCUT2D eigenvalue weighted by atomic mass is 10.1. The molecule has 1 saturated heterocycles. The Morgan fingerprint density at radius 3 is 2.58 bits per heavy atom. The number of nitrogens with zero attached hydrogens (tertiary/aromatic N) is 1. The SMILES string of the molecule is CCCCN1CCC(Oc2ccc(C(=O)Nc3ccc(Oc4cccc(N)c4OC)cc3F)cc2C)CC1. The number of halogens is 1. The molecule has 0 saturated carbocycles. The summed E-state index contributed by atoms with van der Waals surface area (Å²) in [5.41, 5.74) is 7.65. The summed E-state index contributed by atoms with van der Waals surface area (Å²) in [4.78, 5) is 15.3. The fraction of sp³-hybridized carbons (Fsp3) is 0.367. The van der Waals surface area contributed by atoms with Gasteiger partial charge in [-0.2, -0.15) is 0 Å². The van der Waals surface area contributed by atoms with Gasteiger partial charge in [0.05, 0.1) is 18.5 Å². The Morgan fingerprint density at radius 2 is 1.89 bits per heavy atom. The lowest BCUT2D eigenvalue weighted by molar-refractivity contribution is 0.0991. The number of carbonyl (C=O) groups excluding carboxylic acids is 1. The van der Waals surface area contributed by atoms with Crippen LogP contribution in [0.2, 0.25) is 0 Å². The molecule has 1 amide bonds. The van der Waals surface area contributed by atoms with Crippen LogP contribution in [0.3, 0.4) is 0 Å². The number of piperidine rings is 1. The first-order valence-corrected chi connectivity index (χ1v) is 13.1. The number of unbranched alkanes of at least 4 members (excludes halogenated alkanes) is 1. The molecule has 3 N–H and O–H groups in total. The first kappa shape index (κ1) is 27.3. The lowest BCUT2D eigenvalue weighted by Gasteiger charge is -2.32. The van der Waals surface area contributed by atoms with E-state index in [0.717, 1.165) is 43.8 Å². The van der Waals surface area contributed by atoms with Crippen molar-refractivity contribution in [2.75, 3.05) is 37.8 Å². The molecule has 1 heterocycles. The Hall–Kier alpha value is -3.78. The second kappa shape index (κ2) is 12.6. The van der Waals surface area contributed by atoms with Crippen LogP contribution in [-0.2, 0) is 0 Å². The van der Waals surface area contributed by atoms with Crippen molar-refractivity contribution < 1.29 is 23.4 Å². The van der Waals surface area contributed by atoms with E-state index in [9.17, 15) is 9.18 Å². The van der Waals surface area contributed by atoms with Gasteiger partial charge in [-0.15, -0.1) is 0 Å². The van der Waals surface area contributed by atoms with Gasteiger partial charge >= 0.3 is 0 Å². The third kappa shape index (κ3) is 6.75. The number of aryl methyl sites for hydroxylation is 1. The maximum atomic E-state index is 14.8. The van der Waals surface area contributed by atoms with Crippen LogP contribution in [0.1, 0.15) is 48.5 Å². The standard InChI is InChI=1S/C30H36FN3O4/c1-4-5-15-34-16-13-22(14-17-34)37-27-12-9-21(18-20(27)2)30(35)33-26-11-10-23(19-24(26)31)38-28-8-6-7-25(32)29(28)36-3/h6-12,18-19,22H,4-5,13-17,32H2,1-3H3,(H,33,35). The second-order valence-electron chi connectivity index (χ2n) is 9.57. The van der Waals surface area contributed by atoms with Crippen LogP contribution in [0.15, 0.2) is 54.6 Å². The number of rotatable bonds is 10. The minimum atomic E-state index is -0.624. The molecule has 8 heteroatoms. The van der Waals surface area contributed by atoms with Crippen LogP contribution in [0, 0.1) is 12.7 Å². The maximum absolute atomic E-state index is 14.8. The molecule has 3 aromatic carbocycles. The number of benzene rings is 3. The molecule has 0 radical (unpaired) electrons. The number of nitrogens with one attached hydrogen (secondary N) is 1. The quantitative estimate of drug-likeness (QED) is 0.300. The van der Waals surface area contributed by atoms with Crippen LogP contribution in [-0.4, -0.2) is 43.7 Å². The number of para-hydroxylation sites is 1. The Balaban J connectivity index is 1.36. The average Bonchev–Trinajstić information content (AvgIpc) is 2.91. The highest BCUT2D eigenvalue weighted by Gasteiger charge is 2.21. The topological polar surface area (TPSA) is 86.0 Å². The molecule has 7 nitrogen and oxygen atoms in total. The summed E-state index contributed by atoms with van der Waals surface area (Å²) in [6.45, 7) is 7.38. The highest BCUT2D eigenvalue weighted by molar-refractivity contribution is 6.04. The highest BCUT2D eigenvalue weighted by atomic mass is 19.1. The van der Waals surface area contributed by atoms with Gasteiger partial charge in [-0.05, 0) is 80.8 Å². The molecule has 0 spiro atoms. The number of nitrogen functional groups attached to an aromatic ring is 1. The van der Waals surface area contributed by atoms with Gasteiger partial charge in [0.25, 0.3) is 5.91 Å². The van der Waals surface area contributed by atoms with E-state index in [0.29, 0.717) is 22.7 Å². The van der Waals surface area contributed by atoms with E-state index < -0.39 is 11.7 Å². The number of carbonyl (C=O) groups is 1. The molecule has 38 heavy (non-hydrogen) atoms. The van der Waals surface area contributed by atoms with E-state index >= 15 is 0 Å². The molecule has 1 fully saturated rings. The van der Waals surface area contributed by atoms with E-state index in [1.165, 1.54) is 32.1 Å². The average molecular weight is 522 g/mol. The summed E-state index contributed by atoms with van der Waals surface area (Å²) in [6.07, 6.45) is 4.60. The van der Waals surface area contributed by atoms with Crippen molar-refractivity contribution in [3.8, 4) is 23.0 Å². The minimum absolute atomic E-state index is 0.0507. The largest absolute Gasteiger partial charge is 0.491 e. The van der Waals surface area contributed by atoms with Gasteiger partial charge in [0.15, 0.2) is 11.5 Å². The molecule has 1 aliphatic heterocycles. The predicted molar refractivity (Wildman–Crippen MR) is 148 cm³/mol. The van der Waals surface area contributed by atoms with Gasteiger partial charge in [-0.3, -0.25) is 4.79 Å². The van der Waals surface area contributed by atoms with E-state index in [4.69, 9.17) is 19.9 Å². The third-order valence-corrected chi connectivity index (χ3v) is 6.72. The van der Waals surface area contributed by atoms with Gasteiger partial charge in [0.2, 0.25) is 0 Å². The second-order valence-corrected chi connectivity index (χ2v) is 9.57. The fourth-order valence-corrected chi connectivity index (χ4v) is 4.55. The van der Waals surface area contributed by atoms with E-state index in [1.54, 1.807) is 36.4 Å². The number of amides is 1. The van der Waals surface area contributed by atoms with Crippen molar-refractivity contribution >= 4 is 17.3 Å². The number of nitrogens with two attached hydrogens (primary N) is 1. The van der Waals surface area contributed by atoms with Crippen LogP contribution in [0.4, 0.5) is 15.8 Å². The van der Waals surface area contributed by atoms with E-state index in [-0.39, 0.29) is 17.5 Å². The molecule has 0 aliphatic carbocycles. The molecule has 1 aliphatic rings. The molecular formula is C30H36FN3O4. The Bertz CT molecular complexity index is 1260. The first-order chi connectivity index (χ1) is 18.4. The molecule has 3 aromatic rings. The summed E-state index contributed by atoms with van der Waals surface area (Å²) < 4.78 is 32.1. The predicted octanol–water partition coefficient (Wildman–Crippen LogP) is 6.41. The number of likely N-dealkylation sites (tertiary alicyclic amines) is 1. The Labute approximate surface area is 223 Å². The van der Waals surface area contributed by atoms with Crippen LogP contribution < -0.4 is 25.3 Å². The molecule has 0 unspecified atom stereocenters. The Morgan fingerprint density at radius 1 is 1.11 bits per heavy atom. The van der Waals surface area contributed by atoms with Gasteiger partial charge in [-0.1, -0.05) is 19.4 Å². The lowest BCUT2D eigenvalue weighted by Crippen LogP contribution is -2.38. The van der Waals surface area contributed by atoms with Crippen molar-refractivity contribution in [1.29, 1.82) is 0 Å². The van der Waals surface area contributed by atoms with Crippen LogP contribution in [0.5, 0.6) is 23.0 Å². The van der Waals surface area contributed by atoms with Crippen LogP contribution in [0.25, 0.3) is 0 Å². The van der Waals surface area contributed by atoms with Gasteiger partial charge in [0, 0.05) is 24.7 Å². The van der Waals surface area contributed by atoms with E-state index in [1.807, 2.05) is 13.0 Å². The fourth-order valence-electron chi connectivity index (χ4n) is 4.55. The number of methoxy groups -OCH3 is 1. The van der Waals surface area contributed by atoms with Crippen molar-refractivity contribution in [1.82, 2.24) is 4.90 Å². The zero-order valence-electron chi connectivity index (χ0n) is 22.3. The number of hydrogen-bond donors (Lipinski definition) is 2. The van der Waals surface area contributed by atoms with Crippen molar-refractivity contribution in [2.24, 2.45) is 0 Å². The molecule has 4 rings (SSSR count). The summed E-state index contributed by atoms with van der Waals surface area (Å²) >= 11 is 0. The van der Waals surface area contributed by atoms with Crippen molar-refractivity contribution in [3.63, 3.8) is 0 Å². The Kier molecular flexibility index (Phi) is 9.07. The third-order valence-electron chi connectivity index (χ3n) is 6.72. The zero-order valence-corrected chi connectivity index (χ0v) is 22.3. The van der Waals surface area contributed by atoms with Crippen molar-refractivity contribution in [3.05, 3.63) is 71.5 Å². The summed E-state index contributed by atoms with van der Waals surface area (Å²) in [5, 5.41) is 2.64. The molecular weight excluding hydrogens is 485 g/mol. The first-order valence-electron chi connectivity index (χ1n) is 13.1. The summed E-state index contributed by atoms with van der Waals surface area (Å²) in [7, 11) is 1.48. The number of anilines is 2. The molecule has 0 bridgehead atoms. The van der Waals surface area contributed by atoms with Gasteiger partial charge in [-0.25, -0.2) is 4.39 Å². The normalized spacial score (nSPS) is 14.2.